The van der Waals surface area contributed by atoms with Crippen LogP contribution in [0.3, 0.4) is 0 Å². The van der Waals surface area contributed by atoms with Crippen LogP contribution in [0.15, 0.2) is 103 Å². The van der Waals surface area contributed by atoms with Gasteiger partial charge in [0, 0.05) is 24.2 Å². The van der Waals surface area contributed by atoms with Crippen molar-refractivity contribution in [3.8, 4) is 56.8 Å². The van der Waals surface area contributed by atoms with E-state index in [9.17, 15) is 4.79 Å². The second-order valence-corrected chi connectivity index (χ2v) is 14.2. The summed E-state index contributed by atoms with van der Waals surface area (Å²) in [6, 6.07) is 34.3. The molecule has 1 saturated heterocycles. The van der Waals surface area contributed by atoms with Crippen molar-refractivity contribution in [1.82, 2.24) is 0 Å². The lowest BCUT2D eigenvalue weighted by atomic mass is 9.96. The topological polar surface area (TPSA) is 72.5 Å². The molecule has 1 aliphatic heterocycles. The fourth-order valence-electron chi connectivity index (χ4n) is 6.91. The lowest BCUT2D eigenvalue weighted by Gasteiger charge is -2.41. The summed E-state index contributed by atoms with van der Waals surface area (Å²) in [6.07, 6.45) is 0.815. The van der Waals surface area contributed by atoms with Crippen LogP contribution in [-0.4, -0.2) is 48.4 Å². The molecule has 0 saturated carbocycles. The normalized spacial score (nSPS) is 17.3. The molecule has 0 N–H and O–H groups in total. The lowest BCUT2D eigenvalue weighted by Crippen LogP contribution is -2.26. The molecule has 252 valence electrons. The van der Waals surface area contributed by atoms with Gasteiger partial charge in [-0.05, 0) is 76.1 Å². The molecule has 5 aromatic rings. The Kier molecular flexibility index (Phi) is 10.4. The number of carbonyl (C=O) groups excluding carboxylic acids is 1. The van der Waals surface area contributed by atoms with Crippen LogP contribution in [0.5, 0.6) is 34.5 Å². The molecule has 2 unspecified atom stereocenters. The molecule has 5 aromatic carbocycles. The van der Waals surface area contributed by atoms with E-state index in [1.54, 1.807) is 42.7 Å². The quantitative estimate of drug-likeness (QED) is 0.129. The maximum absolute atomic E-state index is 13.8. The Hall–Kier alpha value is -5.00. The number of hydrogen-bond acceptors (Lipinski definition) is 7. The average Bonchev–Trinajstić information content (AvgIpc) is 3.16. The zero-order valence-corrected chi connectivity index (χ0v) is 29.6. The van der Waals surface area contributed by atoms with Gasteiger partial charge in [0.25, 0.3) is 0 Å². The largest absolute Gasteiger partial charge is 0.497 e. The molecule has 8 heteroatoms. The van der Waals surface area contributed by atoms with E-state index in [0.29, 0.717) is 35.8 Å². The molecule has 0 amide bonds. The number of ketones is 1. The summed E-state index contributed by atoms with van der Waals surface area (Å²) < 4.78 is 35.1. The van der Waals surface area contributed by atoms with E-state index < -0.39 is 7.92 Å². The average molecular weight is 677 g/mol. The van der Waals surface area contributed by atoms with E-state index >= 15 is 0 Å². The standard InChI is InChI=1S/C41H41O7P/c1-43-29-20-16-26(17-21-29)37-24-28(42)25-38(27-18-22-30(44-2)23-19-27)49(37)41-31(39-33(45-3)12-8-13-34(39)46-4)10-7-11-32(41)40-35(47-5)14-9-15-36(40)48-6/h7-23,37-38H,24-25H2,1-6H3. The van der Waals surface area contributed by atoms with Crippen LogP contribution in [0.2, 0.25) is 0 Å². The summed E-state index contributed by atoms with van der Waals surface area (Å²) in [5, 5.41) is 1.11. The van der Waals surface area contributed by atoms with Gasteiger partial charge in [0.2, 0.25) is 0 Å². The van der Waals surface area contributed by atoms with E-state index in [1.807, 2.05) is 60.7 Å². The molecular formula is C41H41O7P. The molecule has 6 rings (SSSR count). The Bertz CT molecular complexity index is 1740. The van der Waals surface area contributed by atoms with Gasteiger partial charge in [0.1, 0.15) is 40.3 Å². The molecule has 1 aliphatic rings. The molecule has 2 atom stereocenters. The van der Waals surface area contributed by atoms with Crippen molar-refractivity contribution in [1.29, 1.82) is 0 Å². The summed E-state index contributed by atoms with van der Waals surface area (Å²) in [5.74, 6) is 4.51. The highest BCUT2D eigenvalue weighted by Crippen LogP contribution is 2.68. The third kappa shape index (κ3) is 6.56. The Labute approximate surface area is 289 Å². The van der Waals surface area contributed by atoms with Gasteiger partial charge in [0.15, 0.2) is 0 Å². The first-order valence-corrected chi connectivity index (χ1v) is 17.6. The first-order chi connectivity index (χ1) is 24.0. The maximum atomic E-state index is 13.8. The van der Waals surface area contributed by atoms with Gasteiger partial charge >= 0.3 is 0 Å². The van der Waals surface area contributed by atoms with Crippen LogP contribution in [-0.2, 0) is 4.79 Å². The minimum Gasteiger partial charge on any atom is -0.497 e. The number of rotatable bonds is 11. The number of carbonyl (C=O) groups is 1. The molecule has 1 fully saturated rings. The van der Waals surface area contributed by atoms with Crippen molar-refractivity contribution < 1.29 is 33.2 Å². The number of Topliss-reactive ketones (excluding diaryl/α,β-unsaturated/α-hetero) is 1. The monoisotopic (exact) mass is 676 g/mol. The summed E-state index contributed by atoms with van der Waals surface area (Å²) in [7, 11) is 8.85. The predicted molar refractivity (Wildman–Crippen MR) is 196 cm³/mol. The van der Waals surface area contributed by atoms with Crippen LogP contribution < -0.4 is 33.7 Å². The van der Waals surface area contributed by atoms with Crippen LogP contribution in [0.1, 0.15) is 35.3 Å². The van der Waals surface area contributed by atoms with Crippen molar-refractivity contribution in [2.24, 2.45) is 0 Å². The molecule has 0 aliphatic carbocycles. The van der Waals surface area contributed by atoms with Crippen molar-refractivity contribution in [3.05, 3.63) is 114 Å². The predicted octanol–water partition coefficient (Wildman–Crippen LogP) is 9.02. The van der Waals surface area contributed by atoms with Crippen LogP contribution in [0, 0.1) is 0 Å². The highest BCUT2D eigenvalue weighted by Gasteiger charge is 2.42. The number of benzene rings is 5. The molecule has 49 heavy (non-hydrogen) atoms. The van der Waals surface area contributed by atoms with Gasteiger partial charge in [-0.15, -0.1) is 0 Å². The minimum absolute atomic E-state index is 0.115. The van der Waals surface area contributed by atoms with Gasteiger partial charge in [-0.25, -0.2) is 0 Å². The molecular weight excluding hydrogens is 635 g/mol. The fraction of sp³-hybridized carbons (Fsp3) is 0.244. The summed E-state index contributed by atoms with van der Waals surface area (Å²) in [6.45, 7) is 0. The van der Waals surface area contributed by atoms with E-state index in [1.165, 1.54) is 0 Å². The zero-order valence-electron chi connectivity index (χ0n) is 28.7. The molecule has 0 bridgehead atoms. The maximum Gasteiger partial charge on any atom is 0.134 e. The summed E-state index contributed by atoms with van der Waals surface area (Å²) in [4.78, 5) is 13.8. The second kappa shape index (κ2) is 15.0. The highest BCUT2D eigenvalue weighted by molar-refractivity contribution is 7.67. The van der Waals surface area contributed by atoms with Gasteiger partial charge < -0.3 is 28.4 Å². The van der Waals surface area contributed by atoms with Gasteiger partial charge in [-0.3, -0.25) is 4.79 Å². The summed E-state index contributed by atoms with van der Waals surface area (Å²) in [5.41, 5.74) is 5.57. The third-order valence-corrected chi connectivity index (χ3v) is 12.5. The number of methoxy groups -OCH3 is 6. The molecule has 1 heterocycles. The van der Waals surface area contributed by atoms with E-state index in [-0.39, 0.29) is 17.1 Å². The van der Waals surface area contributed by atoms with Crippen LogP contribution >= 0.6 is 7.92 Å². The molecule has 0 spiro atoms. The fourth-order valence-corrected chi connectivity index (χ4v) is 10.7. The molecule has 0 radical (unpaired) electrons. The van der Waals surface area contributed by atoms with Crippen LogP contribution in [0.4, 0.5) is 0 Å². The second-order valence-electron chi connectivity index (χ2n) is 11.7. The minimum atomic E-state index is -1.18. The highest BCUT2D eigenvalue weighted by atomic mass is 31.1. The molecule has 0 aromatic heterocycles. The smallest absolute Gasteiger partial charge is 0.134 e. The van der Waals surface area contributed by atoms with Crippen molar-refractivity contribution in [2.45, 2.75) is 24.2 Å². The SMILES string of the molecule is COc1ccc(C2CC(=O)CC(c3ccc(OC)cc3)P2c2c(-c3c(OC)cccc3OC)cccc2-c2c(OC)cccc2OC)cc1. The Balaban J connectivity index is 1.75. The van der Waals surface area contributed by atoms with Gasteiger partial charge in [-0.2, -0.15) is 0 Å². The number of ether oxygens (including phenoxy) is 6. The Morgan fingerprint density at radius 2 is 0.816 bits per heavy atom. The first-order valence-electron chi connectivity index (χ1n) is 16.1. The third-order valence-electron chi connectivity index (χ3n) is 9.20. The Morgan fingerprint density at radius 1 is 0.469 bits per heavy atom. The van der Waals surface area contributed by atoms with E-state index in [2.05, 4.69) is 42.5 Å². The lowest BCUT2D eigenvalue weighted by molar-refractivity contribution is -0.119. The van der Waals surface area contributed by atoms with Gasteiger partial charge in [0.05, 0.1) is 53.8 Å². The van der Waals surface area contributed by atoms with Crippen molar-refractivity contribution in [2.75, 3.05) is 42.7 Å². The van der Waals surface area contributed by atoms with Crippen molar-refractivity contribution in [3.63, 3.8) is 0 Å². The first kappa shape index (κ1) is 33.9. The number of hydrogen-bond donors (Lipinski definition) is 0. The van der Waals surface area contributed by atoms with Gasteiger partial charge in [-0.1, -0.05) is 62.5 Å². The zero-order chi connectivity index (χ0) is 34.5. The Morgan fingerprint density at radius 3 is 1.14 bits per heavy atom. The van der Waals surface area contributed by atoms with E-state index in [4.69, 9.17) is 28.4 Å². The summed E-state index contributed by atoms with van der Waals surface area (Å²) >= 11 is 0. The van der Waals surface area contributed by atoms with Crippen molar-refractivity contribution >= 4 is 19.0 Å². The van der Waals surface area contributed by atoms with E-state index in [0.717, 1.165) is 50.2 Å². The molecule has 7 nitrogen and oxygen atoms in total. The van der Waals surface area contributed by atoms with Crippen LogP contribution in [0.25, 0.3) is 22.3 Å².